The van der Waals surface area contributed by atoms with Crippen LogP contribution in [0.25, 0.3) is 0 Å². The van der Waals surface area contributed by atoms with Crippen LogP contribution in [0.15, 0.2) is 24.3 Å². The molecule has 19 heavy (non-hydrogen) atoms. The van der Waals surface area contributed by atoms with Gasteiger partial charge in [0, 0.05) is 25.1 Å². The second kappa shape index (κ2) is 7.48. The Labute approximate surface area is 112 Å². The van der Waals surface area contributed by atoms with E-state index in [0.29, 0.717) is 12.0 Å². The zero-order valence-electron chi connectivity index (χ0n) is 11.3. The fraction of sp³-hybridized carbons (Fsp3) is 0.462. The summed E-state index contributed by atoms with van der Waals surface area (Å²) >= 11 is 0. The number of benzene rings is 1. The van der Waals surface area contributed by atoms with Crippen molar-refractivity contribution in [1.29, 1.82) is 0 Å². The Bertz CT molecular complexity index is 449. The number of rotatable bonds is 7. The Morgan fingerprint density at radius 2 is 2.11 bits per heavy atom. The standard InChI is InChI=1S/C13H19N3O3/c1-14-9-5-8-13(17)15(2)10-11-6-3-4-7-12(11)16(18)19/h3-4,6-7,14H,5,8-10H2,1-2H3. The van der Waals surface area contributed by atoms with Crippen molar-refractivity contribution in [3.63, 3.8) is 0 Å². The molecule has 0 aliphatic carbocycles. The highest BCUT2D eigenvalue weighted by Gasteiger charge is 2.16. The average molecular weight is 265 g/mol. The molecule has 0 spiro atoms. The van der Waals surface area contributed by atoms with Crippen molar-refractivity contribution in [3.8, 4) is 0 Å². The maximum Gasteiger partial charge on any atom is 0.274 e. The van der Waals surface area contributed by atoms with E-state index >= 15 is 0 Å². The number of para-hydroxylation sites is 1. The van der Waals surface area contributed by atoms with Crippen LogP contribution in [0.2, 0.25) is 0 Å². The summed E-state index contributed by atoms with van der Waals surface area (Å²) in [5, 5.41) is 13.9. The number of hydrogen-bond donors (Lipinski definition) is 1. The van der Waals surface area contributed by atoms with Gasteiger partial charge in [0.25, 0.3) is 5.69 Å². The first-order valence-corrected chi connectivity index (χ1v) is 6.17. The molecule has 0 saturated carbocycles. The minimum absolute atomic E-state index is 0.00611. The van der Waals surface area contributed by atoms with Gasteiger partial charge in [-0.15, -0.1) is 0 Å². The Hall–Kier alpha value is -1.95. The van der Waals surface area contributed by atoms with Crippen LogP contribution in [-0.2, 0) is 11.3 Å². The Balaban J connectivity index is 2.63. The first-order valence-electron chi connectivity index (χ1n) is 6.17. The van der Waals surface area contributed by atoms with Crippen LogP contribution >= 0.6 is 0 Å². The van der Waals surface area contributed by atoms with Crippen molar-refractivity contribution in [2.24, 2.45) is 0 Å². The van der Waals surface area contributed by atoms with Crippen LogP contribution in [0.5, 0.6) is 0 Å². The predicted octanol–water partition coefficient (Wildman–Crippen LogP) is 1.55. The highest BCUT2D eigenvalue weighted by atomic mass is 16.6. The zero-order chi connectivity index (χ0) is 14.3. The second-order valence-electron chi connectivity index (χ2n) is 4.34. The van der Waals surface area contributed by atoms with Gasteiger partial charge in [-0.25, -0.2) is 0 Å². The molecular formula is C13H19N3O3. The van der Waals surface area contributed by atoms with Crippen molar-refractivity contribution in [3.05, 3.63) is 39.9 Å². The summed E-state index contributed by atoms with van der Waals surface area (Å²) in [5.74, 6) is -0.00611. The van der Waals surface area contributed by atoms with Crippen LogP contribution in [0.1, 0.15) is 18.4 Å². The van der Waals surface area contributed by atoms with E-state index in [4.69, 9.17) is 0 Å². The van der Waals surface area contributed by atoms with Crippen LogP contribution in [0, 0.1) is 10.1 Å². The number of carbonyl (C=O) groups is 1. The summed E-state index contributed by atoms with van der Waals surface area (Å²) in [5.41, 5.74) is 0.606. The van der Waals surface area contributed by atoms with E-state index < -0.39 is 4.92 Å². The van der Waals surface area contributed by atoms with Crippen LogP contribution in [0.3, 0.4) is 0 Å². The summed E-state index contributed by atoms with van der Waals surface area (Å²) in [7, 11) is 3.50. The zero-order valence-corrected chi connectivity index (χ0v) is 11.3. The molecule has 0 unspecified atom stereocenters. The third kappa shape index (κ3) is 4.67. The van der Waals surface area contributed by atoms with Gasteiger partial charge in [0.15, 0.2) is 0 Å². The fourth-order valence-electron chi connectivity index (χ4n) is 1.77. The molecule has 0 saturated heterocycles. The van der Waals surface area contributed by atoms with Gasteiger partial charge < -0.3 is 10.2 Å². The Morgan fingerprint density at radius 1 is 1.42 bits per heavy atom. The van der Waals surface area contributed by atoms with Gasteiger partial charge >= 0.3 is 0 Å². The summed E-state index contributed by atoms with van der Waals surface area (Å²) in [4.78, 5) is 23.8. The van der Waals surface area contributed by atoms with E-state index in [2.05, 4.69) is 5.32 Å². The molecule has 6 heteroatoms. The summed E-state index contributed by atoms with van der Waals surface area (Å²) in [6.45, 7) is 1.04. The van der Waals surface area contributed by atoms with E-state index in [-0.39, 0.29) is 18.1 Å². The first kappa shape index (κ1) is 15.1. The van der Waals surface area contributed by atoms with Gasteiger partial charge in [-0.3, -0.25) is 14.9 Å². The third-order valence-corrected chi connectivity index (χ3v) is 2.84. The van der Waals surface area contributed by atoms with Crippen molar-refractivity contribution in [2.45, 2.75) is 19.4 Å². The molecule has 0 aliphatic heterocycles. The third-order valence-electron chi connectivity index (χ3n) is 2.84. The predicted molar refractivity (Wildman–Crippen MR) is 72.7 cm³/mol. The van der Waals surface area contributed by atoms with Crippen LogP contribution in [0.4, 0.5) is 5.69 Å². The molecule has 104 valence electrons. The quantitative estimate of drug-likeness (QED) is 0.461. The summed E-state index contributed by atoms with van der Waals surface area (Å²) in [6, 6.07) is 6.49. The van der Waals surface area contributed by atoms with E-state index in [1.807, 2.05) is 7.05 Å². The number of nitrogens with one attached hydrogen (secondary N) is 1. The molecule has 0 radical (unpaired) electrons. The lowest BCUT2D eigenvalue weighted by Gasteiger charge is -2.17. The van der Waals surface area contributed by atoms with Crippen molar-refractivity contribution >= 4 is 11.6 Å². The maximum atomic E-state index is 11.8. The highest BCUT2D eigenvalue weighted by molar-refractivity contribution is 5.76. The summed E-state index contributed by atoms with van der Waals surface area (Å²) in [6.07, 6.45) is 1.20. The summed E-state index contributed by atoms with van der Waals surface area (Å²) < 4.78 is 0. The minimum Gasteiger partial charge on any atom is -0.341 e. The lowest BCUT2D eigenvalue weighted by molar-refractivity contribution is -0.385. The molecule has 0 heterocycles. The molecule has 0 aromatic heterocycles. The molecule has 1 rings (SSSR count). The van der Waals surface area contributed by atoms with Crippen molar-refractivity contribution < 1.29 is 9.72 Å². The Kier molecular flexibility index (Phi) is 5.95. The van der Waals surface area contributed by atoms with E-state index in [1.165, 1.54) is 11.0 Å². The molecule has 1 N–H and O–H groups in total. The van der Waals surface area contributed by atoms with Crippen molar-refractivity contribution in [1.82, 2.24) is 10.2 Å². The van der Waals surface area contributed by atoms with Crippen LogP contribution in [-0.4, -0.2) is 36.4 Å². The van der Waals surface area contributed by atoms with Crippen LogP contribution < -0.4 is 5.32 Å². The maximum absolute atomic E-state index is 11.8. The molecule has 0 bridgehead atoms. The monoisotopic (exact) mass is 265 g/mol. The number of nitro groups is 1. The van der Waals surface area contributed by atoms with E-state index in [0.717, 1.165) is 13.0 Å². The lowest BCUT2D eigenvalue weighted by Crippen LogP contribution is -2.27. The fourth-order valence-corrected chi connectivity index (χ4v) is 1.77. The largest absolute Gasteiger partial charge is 0.341 e. The molecule has 0 atom stereocenters. The SMILES string of the molecule is CNCCCC(=O)N(C)Cc1ccccc1[N+](=O)[O-]. The molecule has 1 amide bonds. The number of carbonyl (C=O) groups excluding carboxylic acids is 1. The highest BCUT2D eigenvalue weighted by Crippen LogP contribution is 2.19. The van der Waals surface area contributed by atoms with Gasteiger partial charge in [0.1, 0.15) is 0 Å². The van der Waals surface area contributed by atoms with Gasteiger partial charge in [-0.2, -0.15) is 0 Å². The van der Waals surface area contributed by atoms with Gasteiger partial charge in [-0.1, -0.05) is 18.2 Å². The normalized spacial score (nSPS) is 10.2. The van der Waals surface area contributed by atoms with Gasteiger partial charge in [0.2, 0.25) is 5.91 Å². The second-order valence-corrected chi connectivity index (χ2v) is 4.34. The number of hydrogen-bond acceptors (Lipinski definition) is 4. The van der Waals surface area contributed by atoms with Gasteiger partial charge in [-0.05, 0) is 20.0 Å². The minimum atomic E-state index is -0.422. The lowest BCUT2D eigenvalue weighted by atomic mass is 10.1. The molecular weight excluding hydrogens is 246 g/mol. The van der Waals surface area contributed by atoms with E-state index in [1.54, 1.807) is 25.2 Å². The average Bonchev–Trinajstić information content (AvgIpc) is 2.39. The van der Waals surface area contributed by atoms with Gasteiger partial charge in [0.05, 0.1) is 11.5 Å². The Morgan fingerprint density at radius 3 is 2.74 bits per heavy atom. The van der Waals surface area contributed by atoms with E-state index in [9.17, 15) is 14.9 Å². The molecule has 1 aromatic carbocycles. The topological polar surface area (TPSA) is 75.5 Å². The molecule has 6 nitrogen and oxygen atoms in total. The van der Waals surface area contributed by atoms with Crippen molar-refractivity contribution in [2.75, 3.05) is 20.6 Å². The molecule has 1 aromatic rings. The molecule has 0 aliphatic rings. The smallest absolute Gasteiger partial charge is 0.274 e. The first-order chi connectivity index (χ1) is 9.06. The number of amides is 1. The number of nitrogens with zero attached hydrogens (tertiary/aromatic N) is 2. The molecule has 0 fully saturated rings. The number of nitro benzene ring substituents is 1.